The lowest BCUT2D eigenvalue weighted by Crippen LogP contribution is -2.39. The number of esters is 2. The number of hydrogen-bond acceptors (Lipinski definition) is 4. The van der Waals surface area contributed by atoms with Crippen LogP contribution in [0.15, 0.2) is 60.7 Å². The molecule has 0 aliphatic heterocycles. The lowest BCUT2D eigenvalue weighted by Gasteiger charge is -2.32. The average molecular weight is 326 g/mol. The van der Waals surface area contributed by atoms with Gasteiger partial charge in [0.1, 0.15) is 5.41 Å². The molecule has 0 aliphatic rings. The maximum absolute atomic E-state index is 13.0. The molecule has 2 rings (SSSR count). The van der Waals surface area contributed by atoms with E-state index in [0.717, 1.165) is 11.1 Å². The summed E-state index contributed by atoms with van der Waals surface area (Å²) in [5, 5.41) is 0. The van der Waals surface area contributed by atoms with Crippen molar-refractivity contribution in [3.8, 4) is 0 Å². The highest BCUT2D eigenvalue weighted by Gasteiger charge is 2.43. The van der Waals surface area contributed by atoms with Crippen LogP contribution in [0.25, 0.3) is 0 Å². The maximum atomic E-state index is 13.0. The van der Waals surface area contributed by atoms with Gasteiger partial charge in [0.2, 0.25) is 0 Å². The summed E-state index contributed by atoms with van der Waals surface area (Å²) in [5.41, 5.74) is 0.573. The first kappa shape index (κ1) is 17.7. The molecule has 0 saturated heterocycles. The van der Waals surface area contributed by atoms with E-state index >= 15 is 0 Å². The van der Waals surface area contributed by atoms with Crippen LogP contribution in [0.3, 0.4) is 0 Å². The second-order valence-electron chi connectivity index (χ2n) is 5.43. The summed E-state index contributed by atoms with van der Waals surface area (Å²) in [4.78, 5) is 24.7. The van der Waals surface area contributed by atoms with Gasteiger partial charge < -0.3 is 9.47 Å². The Bertz CT molecular complexity index is 625. The summed E-state index contributed by atoms with van der Waals surface area (Å²) in [6.45, 7) is 2.05. The van der Waals surface area contributed by atoms with Gasteiger partial charge in [0.15, 0.2) is 0 Å². The Balaban J connectivity index is 2.58. The molecule has 4 nitrogen and oxygen atoms in total. The fraction of sp³-hybridized carbons (Fsp3) is 0.300. The molecule has 0 radical (unpaired) electrons. The second-order valence-corrected chi connectivity index (χ2v) is 5.43. The zero-order valence-corrected chi connectivity index (χ0v) is 14.0. The Kier molecular flexibility index (Phi) is 6.13. The zero-order valence-electron chi connectivity index (χ0n) is 14.0. The van der Waals surface area contributed by atoms with Crippen LogP contribution in [0.5, 0.6) is 0 Å². The standard InChI is InChI=1S/C20H22O4/c1-3-24-19(22)20(15-14-18(21)23-2,16-10-6-4-7-11-16)17-12-8-5-9-13-17/h4-13H,3,14-15H2,1-2H3. The van der Waals surface area contributed by atoms with Crippen molar-refractivity contribution in [1.82, 2.24) is 0 Å². The third-order valence-corrected chi connectivity index (χ3v) is 4.09. The first-order valence-electron chi connectivity index (χ1n) is 8.00. The largest absolute Gasteiger partial charge is 0.469 e. The Labute approximate surface area is 142 Å². The van der Waals surface area contributed by atoms with E-state index < -0.39 is 5.41 Å². The summed E-state index contributed by atoms with van der Waals surface area (Å²) in [6, 6.07) is 18.9. The highest BCUT2D eigenvalue weighted by molar-refractivity contribution is 5.88. The Morgan fingerprint density at radius 2 is 1.42 bits per heavy atom. The first-order valence-corrected chi connectivity index (χ1v) is 8.00. The van der Waals surface area contributed by atoms with Crippen molar-refractivity contribution >= 4 is 11.9 Å². The van der Waals surface area contributed by atoms with Gasteiger partial charge in [-0.15, -0.1) is 0 Å². The van der Waals surface area contributed by atoms with Crippen LogP contribution in [0.1, 0.15) is 30.9 Å². The van der Waals surface area contributed by atoms with E-state index in [1.165, 1.54) is 7.11 Å². The van der Waals surface area contributed by atoms with E-state index in [4.69, 9.17) is 9.47 Å². The summed E-state index contributed by atoms with van der Waals surface area (Å²) < 4.78 is 10.2. The smallest absolute Gasteiger partial charge is 0.321 e. The van der Waals surface area contributed by atoms with Gasteiger partial charge in [-0.05, 0) is 24.5 Å². The maximum Gasteiger partial charge on any atom is 0.321 e. The molecular formula is C20H22O4. The van der Waals surface area contributed by atoms with Gasteiger partial charge in [0.05, 0.1) is 13.7 Å². The molecule has 0 atom stereocenters. The van der Waals surface area contributed by atoms with Gasteiger partial charge >= 0.3 is 11.9 Å². The molecule has 0 fully saturated rings. The predicted molar refractivity (Wildman–Crippen MR) is 91.5 cm³/mol. The van der Waals surface area contributed by atoms with Gasteiger partial charge in [-0.3, -0.25) is 9.59 Å². The van der Waals surface area contributed by atoms with Crippen molar-refractivity contribution in [2.75, 3.05) is 13.7 Å². The third kappa shape index (κ3) is 3.65. The van der Waals surface area contributed by atoms with Crippen LogP contribution < -0.4 is 0 Å². The molecule has 126 valence electrons. The van der Waals surface area contributed by atoms with E-state index in [1.807, 2.05) is 60.7 Å². The van der Waals surface area contributed by atoms with Gasteiger partial charge in [0, 0.05) is 6.42 Å². The molecule has 0 N–H and O–H groups in total. The molecule has 0 heterocycles. The normalized spacial score (nSPS) is 10.9. The minimum Gasteiger partial charge on any atom is -0.469 e. The van der Waals surface area contributed by atoms with Crippen LogP contribution in [0.2, 0.25) is 0 Å². The van der Waals surface area contributed by atoms with Crippen LogP contribution in [0, 0.1) is 0 Å². The van der Waals surface area contributed by atoms with E-state index in [0.29, 0.717) is 0 Å². The monoisotopic (exact) mass is 326 g/mol. The topological polar surface area (TPSA) is 52.6 Å². The number of hydrogen-bond donors (Lipinski definition) is 0. The Morgan fingerprint density at radius 3 is 1.83 bits per heavy atom. The summed E-state index contributed by atoms with van der Waals surface area (Å²) in [6.07, 6.45) is 0.408. The molecule has 2 aromatic rings. The van der Waals surface area contributed by atoms with Crippen molar-refractivity contribution in [3.63, 3.8) is 0 Å². The van der Waals surface area contributed by atoms with E-state index in [1.54, 1.807) is 6.92 Å². The molecule has 0 amide bonds. The number of ether oxygens (including phenoxy) is 2. The number of benzene rings is 2. The quantitative estimate of drug-likeness (QED) is 0.731. The molecule has 0 unspecified atom stereocenters. The fourth-order valence-corrected chi connectivity index (χ4v) is 2.88. The number of carbonyl (C=O) groups excluding carboxylic acids is 2. The third-order valence-electron chi connectivity index (χ3n) is 4.09. The van der Waals surface area contributed by atoms with Crippen molar-refractivity contribution in [2.45, 2.75) is 25.2 Å². The minimum atomic E-state index is -1.04. The molecule has 0 bridgehead atoms. The van der Waals surface area contributed by atoms with Gasteiger partial charge in [-0.2, -0.15) is 0 Å². The number of carbonyl (C=O) groups is 2. The van der Waals surface area contributed by atoms with Crippen LogP contribution in [-0.2, 0) is 24.5 Å². The predicted octanol–water partition coefficient (Wildman–Crippen LogP) is 3.49. The fourth-order valence-electron chi connectivity index (χ4n) is 2.88. The SMILES string of the molecule is CCOC(=O)C(CCC(=O)OC)(c1ccccc1)c1ccccc1. The highest BCUT2D eigenvalue weighted by atomic mass is 16.5. The lowest BCUT2D eigenvalue weighted by molar-refractivity contribution is -0.149. The summed E-state index contributed by atoms with van der Waals surface area (Å²) in [7, 11) is 1.35. The number of methoxy groups -OCH3 is 1. The summed E-state index contributed by atoms with van der Waals surface area (Å²) >= 11 is 0. The lowest BCUT2D eigenvalue weighted by atomic mass is 9.71. The summed E-state index contributed by atoms with van der Waals surface area (Å²) in [5.74, 6) is -0.707. The molecule has 0 spiro atoms. The van der Waals surface area contributed by atoms with Crippen LogP contribution >= 0.6 is 0 Å². The molecule has 0 aromatic heterocycles. The Morgan fingerprint density at radius 1 is 0.917 bits per heavy atom. The zero-order chi connectivity index (χ0) is 17.4. The average Bonchev–Trinajstić information content (AvgIpc) is 2.64. The van der Waals surface area contributed by atoms with Crippen LogP contribution in [-0.4, -0.2) is 25.7 Å². The van der Waals surface area contributed by atoms with Crippen molar-refractivity contribution in [1.29, 1.82) is 0 Å². The molecule has 4 heteroatoms. The van der Waals surface area contributed by atoms with Gasteiger partial charge in [-0.25, -0.2) is 0 Å². The van der Waals surface area contributed by atoms with Gasteiger partial charge in [0.25, 0.3) is 0 Å². The van der Waals surface area contributed by atoms with E-state index in [-0.39, 0.29) is 31.4 Å². The van der Waals surface area contributed by atoms with Crippen molar-refractivity contribution in [3.05, 3.63) is 71.8 Å². The van der Waals surface area contributed by atoms with E-state index in [9.17, 15) is 9.59 Å². The molecule has 0 saturated carbocycles. The molecule has 2 aromatic carbocycles. The molecule has 24 heavy (non-hydrogen) atoms. The van der Waals surface area contributed by atoms with Crippen LogP contribution in [0.4, 0.5) is 0 Å². The first-order chi connectivity index (χ1) is 11.6. The second kappa shape index (κ2) is 8.29. The van der Waals surface area contributed by atoms with E-state index in [2.05, 4.69) is 0 Å². The van der Waals surface area contributed by atoms with Gasteiger partial charge in [-0.1, -0.05) is 60.7 Å². The molecular weight excluding hydrogens is 304 g/mol. The van der Waals surface area contributed by atoms with Crippen molar-refractivity contribution < 1.29 is 19.1 Å². The minimum absolute atomic E-state index is 0.124. The molecule has 0 aliphatic carbocycles. The Hall–Kier alpha value is -2.62. The van der Waals surface area contributed by atoms with Crippen molar-refractivity contribution in [2.24, 2.45) is 0 Å². The highest BCUT2D eigenvalue weighted by Crippen LogP contribution is 2.38. The number of rotatable bonds is 7.